The van der Waals surface area contributed by atoms with Crippen LogP contribution in [0.1, 0.15) is 58.8 Å². The summed E-state index contributed by atoms with van der Waals surface area (Å²) < 4.78 is 10.3. The first-order chi connectivity index (χ1) is 8.63. The van der Waals surface area contributed by atoms with Gasteiger partial charge in [-0.1, -0.05) is 45.4 Å². The van der Waals surface area contributed by atoms with Gasteiger partial charge in [0.15, 0.2) is 6.10 Å². The van der Waals surface area contributed by atoms with Crippen molar-refractivity contribution < 1.29 is 19.4 Å². The van der Waals surface area contributed by atoms with Crippen molar-refractivity contribution in [2.45, 2.75) is 71.0 Å². The van der Waals surface area contributed by atoms with Crippen LogP contribution in [0.25, 0.3) is 0 Å². The second kappa shape index (κ2) is 11.5. The van der Waals surface area contributed by atoms with Crippen LogP contribution in [0.15, 0.2) is 0 Å². The maximum absolute atomic E-state index is 10.8. The largest absolute Gasteiger partial charge is 0.479 e. The number of hydrogen-bond acceptors (Lipinski definition) is 3. The molecule has 0 spiro atoms. The molecule has 0 saturated heterocycles. The number of aliphatic carboxylic acids is 1. The number of hydrogen-bond donors (Lipinski definition) is 1. The molecule has 0 aliphatic carbocycles. The molecule has 0 fully saturated rings. The molecule has 4 nitrogen and oxygen atoms in total. The van der Waals surface area contributed by atoms with Crippen molar-refractivity contribution >= 4 is 5.97 Å². The van der Waals surface area contributed by atoms with E-state index in [1.807, 2.05) is 0 Å². The zero-order chi connectivity index (χ0) is 13.8. The molecule has 2 unspecified atom stereocenters. The first-order valence-corrected chi connectivity index (χ1v) is 7.00. The van der Waals surface area contributed by atoms with E-state index < -0.39 is 18.2 Å². The molecule has 0 aliphatic rings. The predicted octanol–water partition coefficient (Wildman–Crippen LogP) is 3.24. The summed E-state index contributed by atoms with van der Waals surface area (Å²) in [7, 11) is 1.40. The molecule has 0 amide bonds. The van der Waals surface area contributed by atoms with Gasteiger partial charge in [0, 0.05) is 13.7 Å². The Bertz CT molecular complexity index is 206. The Morgan fingerprint density at radius 3 is 2.17 bits per heavy atom. The van der Waals surface area contributed by atoms with Crippen LogP contribution in [-0.2, 0) is 14.3 Å². The Labute approximate surface area is 111 Å². The van der Waals surface area contributed by atoms with E-state index in [0.717, 1.165) is 12.8 Å². The monoisotopic (exact) mass is 260 g/mol. The van der Waals surface area contributed by atoms with Gasteiger partial charge in [0.25, 0.3) is 0 Å². The molecule has 0 rings (SSSR count). The lowest BCUT2D eigenvalue weighted by Gasteiger charge is -2.19. The fraction of sp³-hybridized carbons (Fsp3) is 0.929. The minimum atomic E-state index is -0.968. The Morgan fingerprint density at radius 1 is 1.11 bits per heavy atom. The summed E-state index contributed by atoms with van der Waals surface area (Å²) in [6.07, 6.45) is 7.33. The highest BCUT2D eigenvalue weighted by Gasteiger charge is 2.24. The van der Waals surface area contributed by atoms with E-state index in [1.165, 1.54) is 39.2 Å². The average molecular weight is 260 g/mol. The third-order valence-electron chi connectivity index (χ3n) is 3.05. The normalized spacial score (nSPS) is 14.4. The van der Waals surface area contributed by atoms with Gasteiger partial charge in [-0.2, -0.15) is 0 Å². The average Bonchev–Trinajstić information content (AvgIpc) is 2.33. The lowest BCUT2D eigenvalue weighted by Crippen LogP contribution is -2.35. The fourth-order valence-electron chi connectivity index (χ4n) is 1.91. The summed E-state index contributed by atoms with van der Waals surface area (Å²) >= 11 is 0. The molecule has 0 saturated carbocycles. The van der Waals surface area contributed by atoms with Gasteiger partial charge in [-0.3, -0.25) is 0 Å². The number of unbranched alkanes of at least 4 members (excludes halogenated alkanes) is 6. The van der Waals surface area contributed by atoms with Crippen molar-refractivity contribution in [2.75, 3.05) is 13.7 Å². The van der Waals surface area contributed by atoms with Crippen molar-refractivity contribution in [3.63, 3.8) is 0 Å². The SMILES string of the molecule is CCCCCCCCCOC(C)C(OC)C(=O)O. The van der Waals surface area contributed by atoms with E-state index in [-0.39, 0.29) is 0 Å². The minimum Gasteiger partial charge on any atom is -0.479 e. The number of ether oxygens (including phenoxy) is 2. The Kier molecular flexibility index (Phi) is 11.1. The second-order valence-corrected chi connectivity index (χ2v) is 4.69. The van der Waals surface area contributed by atoms with Gasteiger partial charge >= 0.3 is 5.97 Å². The smallest absolute Gasteiger partial charge is 0.335 e. The van der Waals surface area contributed by atoms with E-state index >= 15 is 0 Å². The Morgan fingerprint density at radius 2 is 1.67 bits per heavy atom. The first kappa shape index (κ1) is 17.4. The highest BCUT2D eigenvalue weighted by molar-refractivity contribution is 5.73. The van der Waals surface area contributed by atoms with Gasteiger partial charge in [0.1, 0.15) is 0 Å². The van der Waals surface area contributed by atoms with Gasteiger partial charge in [-0.15, -0.1) is 0 Å². The summed E-state index contributed by atoms with van der Waals surface area (Å²) in [5.41, 5.74) is 0. The molecule has 0 aromatic heterocycles. The summed E-state index contributed by atoms with van der Waals surface area (Å²) in [6, 6.07) is 0. The van der Waals surface area contributed by atoms with Crippen molar-refractivity contribution in [3.8, 4) is 0 Å². The molecule has 2 atom stereocenters. The molecular formula is C14H28O4. The number of methoxy groups -OCH3 is 1. The standard InChI is InChI=1S/C14H28O4/c1-4-5-6-7-8-9-10-11-18-12(2)13(17-3)14(15)16/h12-13H,4-11H2,1-3H3,(H,15,16). The molecule has 0 aromatic rings. The van der Waals surface area contributed by atoms with Crippen LogP contribution in [0, 0.1) is 0 Å². The number of carbonyl (C=O) groups is 1. The summed E-state index contributed by atoms with van der Waals surface area (Å²) in [5, 5.41) is 8.86. The number of rotatable bonds is 12. The van der Waals surface area contributed by atoms with E-state index in [4.69, 9.17) is 14.6 Å². The molecular weight excluding hydrogens is 232 g/mol. The summed E-state index contributed by atoms with van der Waals surface area (Å²) in [4.78, 5) is 10.8. The van der Waals surface area contributed by atoms with Crippen LogP contribution in [0.5, 0.6) is 0 Å². The van der Waals surface area contributed by atoms with Crippen LogP contribution in [0.3, 0.4) is 0 Å². The van der Waals surface area contributed by atoms with Crippen LogP contribution in [-0.4, -0.2) is 37.0 Å². The van der Waals surface area contributed by atoms with Crippen LogP contribution >= 0.6 is 0 Å². The van der Waals surface area contributed by atoms with E-state index in [0.29, 0.717) is 6.61 Å². The van der Waals surface area contributed by atoms with Gasteiger partial charge < -0.3 is 14.6 Å². The van der Waals surface area contributed by atoms with E-state index in [9.17, 15) is 4.79 Å². The minimum absolute atomic E-state index is 0.396. The summed E-state index contributed by atoms with van der Waals surface area (Å²) in [6.45, 7) is 4.56. The van der Waals surface area contributed by atoms with Crippen molar-refractivity contribution in [1.29, 1.82) is 0 Å². The zero-order valence-corrected chi connectivity index (χ0v) is 12.0. The van der Waals surface area contributed by atoms with Crippen molar-refractivity contribution in [1.82, 2.24) is 0 Å². The molecule has 1 N–H and O–H groups in total. The van der Waals surface area contributed by atoms with Gasteiger partial charge in [0.05, 0.1) is 6.10 Å². The van der Waals surface area contributed by atoms with Crippen LogP contribution < -0.4 is 0 Å². The maximum Gasteiger partial charge on any atom is 0.335 e. The third-order valence-corrected chi connectivity index (χ3v) is 3.05. The van der Waals surface area contributed by atoms with Crippen molar-refractivity contribution in [3.05, 3.63) is 0 Å². The zero-order valence-electron chi connectivity index (χ0n) is 12.0. The molecule has 4 heteroatoms. The predicted molar refractivity (Wildman–Crippen MR) is 71.8 cm³/mol. The lowest BCUT2D eigenvalue weighted by atomic mass is 10.1. The first-order valence-electron chi connectivity index (χ1n) is 7.00. The highest BCUT2D eigenvalue weighted by Crippen LogP contribution is 2.09. The highest BCUT2D eigenvalue weighted by atomic mass is 16.5. The molecule has 0 aliphatic heterocycles. The van der Waals surface area contributed by atoms with Gasteiger partial charge in [-0.05, 0) is 13.3 Å². The number of carboxylic acids is 1. The molecule has 0 heterocycles. The maximum atomic E-state index is 10.8. The summed E-state index contributed by atoms with van der Waals surface area (Å²) in [5.74, 6) is -0.968. The molecule has 0 aromatic carbocycles. The van der Waals surface area contributed by atoms with Crippen LogP contribution in [0.2, 0.25) is 0 Å². The fourth-order valence-corrected chi connectivity index (χ4v) is 1.91. The van der Waals surface area contributed by atoms with E-state index in [2.05, 4.69) is 6.92 Å². The topological polar surface area (TPSA) is 55.8 Å². The Balaban J connectivity index is 3.45. The lowest BCUT2D eigenvalue weighted by molar-refractivity contribution is -0.157. The molecule has 18 heavy (non-hydrogen) atoms. The number of carboxylic acid groups (broad SMARTS) is 1. The molecule has 0 bridgehead atoms. The second-order valence-electron chi connectivity index (χ2n) is 4.69. The molecule has 108 valence electrons. The third kappa shape index (κ3) is 8.48. The van der Waals surface area contributed by atoms with Gasteiger partial charge in [-0.25, -0.2) is 4.79 Å². The quantitative estimate of drug-likeness (QED) is 0.547. The van der Waals surface area contributed by atoms with Crippen LogP contribution in [0.4, 0.5) is 0 Å². The Hall–Kier alpha value is -0.610. The molecule has 0 radical (unpaired) electrons. The van der Waals surface area contributed by atoms with Crippen molar-refractivity contribution in [2.24, 2.45) is 0 Å². The van der Waals surface area contributed by atoms with Gasteiger partial charge in [0.2, 0.25) is 0 Å². The van der Waals surface area contributed by atoms with E-state index in [1.54, 1.807) is 6.92 Å².